The number of halogens is 1. The molecule has 0 saturated carbocycles. The van der Waals surface area contributed by atoms with Gasteiger partial charge in [-0.1, -0.05) is 42.0 Å². The van der Waals surface area contributed by atoms with Gasteiger partial charge in [0, 0.05) is 0 Å². The van der Waals surface area contributed by atoms with Crippen LogP contribution in [-0.2, 0) is 13.2 Å². The summed E-state index contributed by atoms with van der Waals surface area (Å²) in [5.41, 5.74) is 0.679. The summed E-state index contributed by atoms with van der Waals surface area (Å²) in [6.07, 6.45) is 1.75. The Morgan fingerprint density at radius 1 is 1.20 bits per heavy atom. The van der Waals surface area contributed by atoms with Crippen molar-refractivity contribution in [2.45, 2.75) is 24.3 Å². The quantitative estimate of drug-likeness (QED) is 0.686. The Bertz CT molecular complexity index is 1070. The zero-order chi connectivity index (χ0) is 20.8. The number of benzene rings is 2. The summed E-state index contributed by atoms with van der Waals surface area (Å²) in [5, 5.41) is 3.15. The van der Waals surface area contributed by atoms with Crippen molar-refractivity contribution in [3.63, 3.8) is 0 Å². The van der Waals surface area contributed by atoms with Crippen molar-refractivity contribution in [3.05, 3.63) is 59.0 Å². The van der Waals surface area contributed by atoms with Crippen LogP contribution in [-0.4, -0.2) is 23.9 Å². The number of nitrogens with zero attached hydrogens (tertiary/aromatic N) is 1. The van der Waals surface area contributed by atoms with Crippen LogP contribution in [0.1, 0.15) is 18.9 Å². The summed E-state index contributed by atoms with van der Waals surface area (Å²) in [6.45, 7) is 1.79. The van der Waals surface area contributed by atoms with Gasteiger partial charge in [0.1, 0.15) is 0 Å². The Balaban J connectivity index is 1.38. The van der Waals surface area contributed by atoms with Crippen molar-refractivity contribution in [2.75, 3.05) is 6.79 Å². The third kappa shape index (κ3) is 3.45. The predicted octanol–water partition coefficient (Wildman–Crippen LogP) is 4.66. The summed E-state index contributed by atoms with van der Waals surface area (Å²) < 4.78 is 40.6. The van der Waals surface area contributed by atoms with Crippen LogP contribution in [0.5, 0.6) is 11.5 Å². The van der Waals surface area contributed by atoms with E-state index in [0.717, 1.165) is 4.90 Å². The van der Waals surface area contributed by atoms with E-state index >= 15 is 0 Å². The number of amidine groups is 1. The number of thioether (sulfide) groups is 1. The largest absolute Gasteiger partial charge is 0.423 e. The van der Waals surface area contributed by atoms with E-state index in [-0.39, 0.29) is 19.1 Å². The van der Waals surface area contributed by atoms with Crippen LogP contribution in [0.15, 0.2) is 62.7 Å². The number of carbonyl (C=O) groups excluding carboxylic acids is 1. The molecule has 2 saturated heterocycles. The van der Waals surface area contributed by atoms with Gasteiger partial charge in [-0.25, -0.2) is 8.37 Å². The molecular formula is C20H17FN2O5S2. The molecular weight excluding hydrogens is 431 g/mol. The zero-order valence-corrected chi connectivity index (χ0v) is 17.4. The molecule has 1 atom stereocenters. The number of carbonyl (C=O) groups is 1. The lowest BCUT2D eigenvalue weighted by atomic mass is 10.2. The van der Waals surface area contributed by atoms with Crippen molar-refractivity contribution in [1.29, 1.82) is 0 Å². The second kappa shape index (κ2) is 7.31. The van der Waals surface area contributed by atoms with Crippen molar-refractivity contribution < 1.29 is 27.0 Å². The van der Waals surface area contributed by atoms with Crippen LogP contribution in [0.25, 0.3) is 6.08 Å². The molecule has 3 aliphatic rings. The molecule has 0 aromatic heterocycles. The maximum Gasteiger partial charge on any atom is 0.407 e. The number of nitrogens with one attached hydrogen (secondary N) is 1. The third-order valence-corrected chi connectivity index (χ3v) is 7.67. The van der Waals surface area contributed by atoms with E-state index in [0.29, 0.717) is 27.1 Å². The molecule has 7 nitrogen and oxygen atoms in total. The van der Waals surface area contributed by atoms with E-state index in [1.165, 1.54) is 11.8 Å². The van der Waals surface area contributed by atoms with E-state index in [2.05, 4.69) is 9.71 Å². The second-order valence-corrected chi connectivity index (χ2v) is 9.63. The molecule has 1 amide bonds. The van der Waals surface area contributed by atoms with Gasteiger partial charge in [-0.2, -0.15) is 4.39 Å². The highest BCUT2D eigenvalue weighted by molar-refractivity contribution is 8.27. The van der Waals surface area contributed by atoms with Crippen LogP contribution in [0, 0.1) is 0 Å². The van der Waals surface area contributed by atoms with Gasteiger partial charge in [0.05, 0.1) is 16.2 Å². The van der Waals surface area contributed by atoms with Gasteiger partial charge in [-0.3, -0.25) is 10.1 Å². The highest BCUT2D eigenvalue weighted by Crippen LogP contribution is 2.65. The standard InChI is InChI=1S/C20H17FN2O5S2/c1-2-20(21)27-15-9-8-13(10-16(15)28-20)11-17-18(24)22-19(29-17)23-30(25-12-26-30)14-6-4-3-5-7-14/h3-11H,2,12H2,1H3,(H,22,23,24)/b17-11-/t20-/m1/s1. The monoisotopic (exact) mass is 448 g/mol. The molecule has 30 heavy (non-hydrogen) atoms. The lowest BCUT2D eigenvalue weighted by Crippen LogP contribution is -2.31. The van der Waals surface area contributed by atoms with Crippen LogP contribution in [0.4, 0.5) is 4.39 Å². The van der Waals surface area contributed by atoms with Crippen molar-refractivity contribution in [2.24, 2.45) is 4.40 Å². The Kier molecular flexibility index (Phi) is 4.73. The normalized spacial score (nSPS) is 27.7. The molecule has 0 radical (unpaired) electrons. The number of ether oxygens (including phenoxy) is 2. The molecule has 10 heteroatoms. The minimum absolute atomic E-state index is 0.0613. The topological polar surface area (TPSA) is 78.4 Å². The van der Waals surface area contributed by atoms with Crippen LogP contribution < -0.4 is 14.8 Å². The van der Waals surface area contributed by atoms with Crippen molar-refractivity contribution in [3.8, 4) is 11.5 Å². The molecule has 5 rings (SSSR count). The van der Waals surface area contributed by atoms with Crippen LogP contribution in [0.3, 0.4) is 0 Å². The molecule has 1 N–H and O–H groups in total. The SMILES string of the molecule is CC[C@@]1(F)Oc2ccc(/C=C3\SC(=NS4(c5ccccc5)OCO4)NC3=O)cc2O1. The Hall–Kier alpha value is -2.53. The molecule has 0 bridgehead atoms. The van der Waals surface area contributed by atoms with Gasteiger partial charge in [0.15, 0.2) is 23.5 Å². The van der Waals surface area contributed by atoms with Gasteiger partial charge in [-0.05, 0) is 47.7 Å². The maximum absolute atomic E-state index is 14.3. The first-order chi connectivity index (χ1) is 14.5. The smallest absolute Gasteiger partial charge is 0.407 e. The van der Waals surface area contributed by atoms with E-state index in [1.54, 1.807) is 31.2 Å². The first-order valence-electron chi connectivity index (χ1n) is 9.18. The zero-order valence-electron chi connectivity index (χ0n) is 15.8. The molecule has 3 heterocycles. The fourth-order valence-corrected chi connectivity index (χ4v) is 5.64. The summed E-state index contributed by atoms with van der Waals surface area (Å²) in [4.78, 5) is 13.7. The van der Waals surface area contributed by atoms with E-state index in [9.17, 15) is 9.18 Å². The Morgan fingerprint density at radius 2 is 1.97 bits per heavy atom. The lowest BCUT2D eigenvalue weighted by molar-refractivity contribution is -0.191. The third-order valence-electron chi connectivity index (χ3n) is 4.52. The molecule has 3 aliphatic heterocycles. The van der Waals surface area contributed by atoms with Gasteiger partial charge in [0.2, 0.25) is 0 Å². The Labute approximate surface area is 178 Å². The fraction of sp³-hybridized carbons (Fsp3) is 0.200. The highest BCUT2D eigenvalue weighted by Gasteiger charge is 2.40. The van der Waals surface area contributed by atoms with E-state index in [4.69, 9.17) is 17.8 Å². The number of amides is 1. The number of fused-ring (bicyclic) bond motifs is 1. The van der Waals surface area contributed by atoms with Gasteiger partial charge < -0.3 is 9.47 Å². The van der Waals surface area contributed by atoms with Crippen LogP contribution >= 0.6 is 22.5 Å². The highest BCUT2D eigenvalue weighted by atomic mass is 32.3. The molecule has 0 spiro atoms. The first kappa shape index (κ1) is 19.4. The molecule has 2 aromatic rings. The van der Waals surface area contributed by atoms with E-state index < -0.39 is 16.8 Å². The minimum atomic E-state index is -2.26. The second-order valence-electron chi connectivity index (χ2n) is 6.53. The lowest BCUT2D eigenvalue weighted by Gasteiger charge is -2.45. The molecule has 2 aromatic carbocycles. The summed E-state index contributed by atoms with van der Waals surface area (Å²) in [7, 11) is -2.26. The maximum atomic E-state index is 14.3. The van der Waals surface area contributed by atoms with E-state index in [1.807, 2.05) is 30.3 Å². The average Bonchev–Trinajstić information content (AvgIpc) is 3.24. The van der Waals surface area contributed by atoms with Crippen molar-refractivity contribution >= 4 is 39.7 Å². The number of hydrogen-bond donors (Lipinski definition) is 1. The molecule has 0 unspecified atom stereocenters. The molecule has 156 valence electrons. The van der Waals surface area contributed by atoms with Gasteiger partial charge >= 0.3 is 6.04 Å². The minimum Gasteiger partial charge on any atom is -0.423 e. The molecule has 0 aliphatic carbocycles. The number of alkyl halides is 1. The van der Waals surface area contributed by atoms with Crippen molar-refractivity contribution in [1.82, 2.24) is 5.32 Å². The first-order valence-corrected chi connectivity index (χ1v) is 11.4. The average molecular weight is 448 g/mol. The number of rotatable bonds is 4. The molecule has 2 fully saturated rings. The Morgan fingerprint density at radius 3 is 2.67 bits per heavy atom. The van der Waals surface area contributed by atoms with Crippen LogP contribution in [0.2, 0.25) is 0 Å². The van der Waals surface area contributed by atoms with Gasteiger partial charge in [-0.15, -0.1) is 4.40 Å². The number of hydrogen-bond acceptors (Lipinski definition) is 7. The summed E-state index contributed by atoms with van der Waals surface area (Å²) in [6, 6.07) is 12.3. The fourth-order valence-electron chi connectivity index (χ4n) is 2.98. The summed E-state index contributed by atoms with van der Waals surface area (Å²) >= 11 is 1.19. The predicted molar refractivity (Wildman–Crippen MR) is 112 cm³/mol. The van der Waals surface area contributed by atoms with Gasteiger partial charge in [0.25, 0.3) is 5.91 Å². The summed E-state index contributed by atoms with van der Waals surface area (Å²) in [5.74, 6) is 0.349.